The summed E-state index contributed by atoms with van der Waals surface area (Å²) in [5.74, 6) is 2.45. The summed E-state index contributed by atoms with van der Waals surface area (Å²) in [6.07, 6.45) is 1.66. The lowest BCUT2D eigenvalue weighted by Gasteiger charge is -2.10. The zero-order valence-corrected chi connectivity index (χ0v) is 17.2. The van der Waals surface area contributed by atoms with Crippen LogP contribution >= 0.6 is 0 Å². The van der Waals surface area contributed by atoms with E-state index in [1.807, 2.05) is 60.7 Å². The minimum Gasteiger partial charge on any atom is -0.454 e. The lowest BCUT2D eigenvalue weighted by molar-refractivity contribution is 0.492. The molecule has 6 rings (SSSR count). The van der Waals surface area contributed by atoms with Gasteiger partial charge >= 0.3 is 0 Å². The third-order valence-corrected chi connectivity index (χ3v) is 5.59. The molecule has 0 saturated carbocycles. The number of aromatic amines is 1. The highest BCUT2D eigenvalue weighted by Crippen LogP contribution is 2.43. The number of aromatic nitrogens is 4. The van der Waals surface area contributed by atoms with Crippen molar-refractivity contribution in [3.8, 4) is 22.8 Å². The number of ether oxygens (including phenoxy) is 1. The van der Waals surface area contributed by atoms with E-state index in [-0.39, 0.29) is 5.95 Å². The van der Waals surface area contributed by atoms with Crippen LogP contribution < -0.4 is 15.8 Å². The van der Waals surface area contributed by atoms with Crippen LogP contribution in [0.3, 0.4) is 0 Å². The molecule has 0 unspecified atom stereocenters. The summed E-state index contributed by atoms with van der Waals surface area (Å²) in [6, 6.07) is 24.1. The number of nitrogen functional groups attached to an aromatic ring is 1. The number of nitrogens with one attached hydrogen (secondary N) is 2. The SMILES string of the molecule is Nc1nc(CCc2ccccc2)cc(-c2cc3c4c(n[nH]c4c2)Nc2ccccc2O3)n1. The second kappa shape index (κ2) is 7.39. The normalized spacial score (nSPS) is 12.0. The number of hydrogen-bond donors (Lipinski definition) is 3. The molecule has 156 valence electrons. The van der Waals surface area contributed by atoms with Crippen molar-refractivity contribution in [2.75, 3.05) is 11.1 Å². The number of rotatable bonds is 4. The summed E-state index contributed by atoms with van der Waals surface area (Å²) in [5.41, 5.74) is 11.6. The number of anilines is 3. The molecule has 7 nitrogen and oxygen atoms in total. The van der Waals surface area contributed by atoms with Crippen LogP contribution in [0.4, 0.5) is 17.5 Å². The molecule has 1 aliphatic heterocycles. The number of nitrogens with zero attached hydrogens (tertiary/aromatic N) is 3. The summed E-state index contributed by atoms with van der Waals surface area (Å²) in [6.45, 7) is 0. The van der Waals surface area contributed by atoms with Crippen LogP contribution in [-0.4, -0.2) is 20.2 Å². The molecule has 7 heteroatoms. The fourth-order valence-corrected chi connectivity index (χ4v) is 4.05. The molecule has 32 heavy (non-hydrogen) atoms. The van der Waals surface area contributed by atoms with Crippen LogP contribution in [-0.2, 0) is 12.8 Å². The molecular formula is C25H20N6O. The number of hydrogen-bond acceptors (Lipinski definition) is 6. The molecule has 5 aromatic rings. The average Bonchev–Trinajstić information content (AvgIpc) is 3.14. The van der Waals surface area contributed by atoms with Crippen LogP contribution in [0.1, 0.15) is 11.3 Å². The van der Waals surface area contributed by atoms with Crippen molar-refractivity contribution in [1.29, 1.82) is 0 Å². The predicted octanol–water partition coefficient (Wildman–Crippen LogP) is 5.24. The van der Waals surface area contributed by atoms with Crippen molar-refractivity contribution in [1.82, 2.24) is 20.2 Å². The maximum Gasteiger partial charge on any atom is 0.220 e. The molecule has 3 heterocycles. The minimum absolute atomic E-state index is 0.259. The Morgan fingerprint density at radius 2 is 1.69 bits per heavy atom. The van der Waals surface area contributed by atoms with Gasteiger partial charge in [-0.1, -0.05) is 42.5 Å². The molecule has 3 aromatic carbocycles. The molecular weight excluding hydrogens is 400 g/mol. The maximum absolute atomic E-state index is 6.26. The maximum atomic E-state index is 6.26. The Bertz CT molecular complexity index is 1440. The molecule has 0 fully saturated rings. The first-order chi connectivity index (χ1) is 15.7. The molecule has 4 N–H and O–H groups in total. The Kier molecular flexibility index (Phi) is 4.24. The molecule has 0 atom stereocenters. The highest BCUT2D eigenvalue weighted by Gasteiger charge is 2.21. The average molecular weight is 420 g/mol. The smallest absolute Gasteiger partial charge is 0.220 e. The topological polar surface area (TPSA) is 102 Å². The van der Waals surface area contributed by atoms with Gasteiger partial charge in [0, 0.05) is 11.3 Å². The minimum atomic E-state index is 0.259. The number of para-hydroxylation sites is 2. The summed E-state index contributed by atoms with van der Waals surface area (Å²) in [4.78, 5) is 8.94. The third kappa shape index (κ3) is 3.30. The van der Waals surface area contributed by atoms with E-state index in [2.05, 4.69) is 37.6 Å². The van der Waals surface area contributed by atoms with Gasteiger partial charge in [0.25, 0.3) is 0 Å². The van der Waals surface area contributed by atoms with Crippen LogP contribution in [0.2, 0.25) is 0 Å². The fourth-order valence-electron chi connectivity index (χ4n) is 4.05. The van der Waals surface area contributed by atoms with Crippen molar-refractivity contribution in [2.45, 2.75) is 12.8 Å². The van der Waals surface area contributed by atoms with Crippen LogP contribution in [0.5, 0.6) is 11.5 Å². The number of nitrogens with two attached hydrogens (primary N) is 1. The largest absolute Gasteiger partial charge is 0.454 e. The summed E-state index contributed by atoms with van der Waals surface area (Å²) >= 11 is 0. The van der Waals surface area contributed by atoms with Crippen LogP contribution in [0, 0.1) is 0 Å². The first kappa shape index (κ1) is 18.4. The summed E-state index contributed by atoms with van der Waals surface area (Å²) in [5, 5.41) is 11.8. The van der Waals surface area contributed by atoms with Crippen molar-refractivity contribution in [3.05, 3.63) is 84.1 Å². The van der Waals surface area contributed by atoms with E-state index in [1.165, 1.54) is 5.56 Å². The van der Waals surface area contributed by atoms with Crippen LogP contribution in [0.15, 0.2) is 72.8 Å². The lowest BCUT2D eigenvalue weighted by atomic mass is 10.0. The number of benzene rings is 3. The molecule has 0 saturated heterocycles. The molecule has 0 bridgehead atoms. The fraction of sp³-hybridized carbons (Fsp3) is 0.0800. The van der Waals surface area contributed by atoms with Gasteiger partial charge in [-0.25, -0.2) is 9.97 Å². The zero-order valence-electron chi connectivity index (χ0n) is 17.2. The zero-order chi connectivity index (χ0) is 21.5. The summed E-state index contributed by atoms with van der Waals surface area (Å²) in [7, 11) is 0. The van der Waals surface area contributed by atoms with Crippen molar-refractivity contribution in [3.63, 3.8) is 0 Å². The molecule has 0 radical (unpaired) electrons. The quantitative estimate of drug-likeness (QED) is 0.361. The highest BCUT2D eigenvalue weighted by atomic mass is 16.5. The van der Waals surface area contributed by atoms with Gasteiger partial charge in [-0.05, 0) is 48.7 Å². The highest BCUT2D eigenvalue weighted by molar-refractivity contribution is 6.00. The molecule has 0 aliphatic carbocycles. The van der Waals surface area contributed by atoms with Gasteiger partial charge < -0.3 is 15.8 Å². The first-order valence-electron chi connectivity index (χ1n) is 10.5. The van der Waals surface area contributed by atoms with Gasteiger partial charge in [-0.2, -0.15) is 5.10 Å². The molecule has 0 amide bonds. The van der Waals surface area contributed by atoms with Gasteiger partial charge in [0.2, 0.25) is 5.95 Å². The van der Waals surface area contributed by atoms with Crippen molar-refractivity contribution >= 4 is 28.4 Å². The Hall–Kier alpha value is -4.39. The van der Waals surface area contributed by atoms with Gasteiger partial charge in [-0.3, -0.25) is 5.10 Å². The lowest BCUT2D eigenvalue weighted by Crippen LogP contribution is -2.02. The van der Waals surface area contributed by atoms with Gasteiger partial charge in [-0.15, -0.1) is 0 Å². The van der Waals surface area contributed by atoms with E-state index in [1.54, 1.807) is 0 Å². The Labute approximate surface area is 184 Å². The van der Waals surface area contributed by atoms with Crippen molar-refractivity contribution < 1.29 is 4.74 Å². The summed E-state index contributed by atoms with van der Waals surface area (Å²) < 4.78 is 6.26. The first-order valence-corrected chi connectivity index (χ1v) is 10.5. The van der Waals surface area contributed by atoms with E-state index in [9.17, 15) is 0 Å². The standard InChI is InChI=1S/C25H20N6O/c26-25-27-17(11-10-15-6-2-1-3-7-15)14-19(29-25)16-12-20-23-22(13-16)32-21-9-5-4-8-18(21)28-24(23)31-30-20/h1-9,12-14H,10-11H2,(H2,26,27,29)(H2,28,30,31). The van der Waals surface area contributed by atoms with Crippen LogP contribution in [0.25, 0.3) is 22.2 Å². The predicted molar refractivity (Wildman–Crippen MR) is 125 cm³/mol. The Morgan fingerprint density at radius 3 is 2.59 bits per heavy atom. The molecule has 0 spiro atoms. The van der Waals surface area contributed by atoms with E-state index in [0.29, 0.717) is 5.75 Å². The van der Waals surface area contributed by atoms with Crippen molar-refractivity contribution in [2.24, 2.45) is 0 Å². The Morgan fingerprint density at radius 1 is 0.844 bits per heavy atom. The van der Waals surface area contributed by atoms with E-state index in [4.69, 9.17) is 10.5 Å². The molecule has 1 aliphatic rings. The Balaban J connectivity index is 1.39. The van der Waals surface area contributed by atoms with E-state index >= 15 is 0 Å². The third-order valence-electron chi connectivity index (χ3n) is 5.59. The number of fused-ring (bicyclic) bond motifs is 1. The van der Waals surface area contributed by atoms with E-state index < -0.39 is 0 Å². The monoisotopic (exact) mass is 420 g/mol. The van der Waals surface area contributed by atoms with Gasteiger partial charge in [0.05, 0.1) is 22.3 Å². The van der Waals surface area contributed by atoms with Gasteiger partial charge in [0.15, 0.2) is 11.6 Å². The number of H-pyrrole nitrogens is 1. The second-order valence-electron chi connectivity index (χ2n) is 7.78. The van der Waals surface area contributed by atoms with Gasteiger partial charge in [0.1, 0.15) is 5.75 Å². The molecule has 2 aromatic heterocycles. The second-order valence-corrected chi connectivity index (χ2v) is 7.78. The van der Waals surface area contributed by atoms with E-state index in [0.717, 1.165) is 58.0 Å². The number of aryl methyl sites for hydroxylation is 2.